The lowest BCUT2D eigenvalue weighted by Crippen LogP contribution is -2.14. The summed E-state index contributed by atoms with van der Waals surface area (Å²) in [4.78, 5) is 24.6. The predicted molar refractivity (Wildman–Crippen MR) is 107 cm³/mol. The first-order valence-electron chi connectivity index (χ1n) is 8.17. The Morgan fingerprint density at radius 3 is 1.89 bits per heavy atom. The zero-order valence-electron chi connectivity index (χ0n) is 14.5. The van der Waals surface area contributed by atoms with Crippen LogP contribution in [0, 0.1) is 0 Å². The van der Waals surface area contributed by atoms with E-state index >= 15 is 0 Å². The number of amides is 2. The van der Waals surface area contributed by atoms with Crippen molar-refractivity contribution in [2.75, 3.05) is 17.7 Å². The third-order valence-electron chi connectivity index (χ3n) is 3.84. The molecule has 0 fully saturated rings. The van der Waals surface area contributed by atoms with E-state index < -0.39 is 0 Å². The molecule has 0 spiro atoms. The molecule has 0 aliphatic heterocycles. The summed E-state index contributed by atoms with van der Waals surface area (Å²) in [6.45, 7) is 0. The highest BCUT2D eigenvalue weighted by atomic mass is 35.5. The number of hydrogen-bond donors (Lipinski definition) is 2. The van der Waals surface area contributed by atoms with Crippen LogP contribution >= 0.6 is 11.6 Å². The second kappa shape index (κ2) is 8.38. The molecule has 0 saturated heterocycles. The summed E-state index contributed by atoms with van der Waals surface area (Å²) < 4.78 is 5.14. The van der Waals surface area contributed by atoms with Crippen LogP contribution in [0.25, 0.3) is 0 Å². The second-order valence-corrected chi connectivity index (χ2v) is 6.16. The minimum absolute atomic E-state index is 0.267. The summed E-state index contributed by atoms with van der Waals surface area (Å²) >= 11 is 5.83. The largest absolute Gasteiger partial charge is 0.497 e. The van der Waals surface area contributed by atoms with Gasteiger partial charge in [0.05, 0.1) is 7.11 Å². The van der Waals surface area contributed by atoms with Crippen molar-refractivity contribution < 1.29 is 14.3 Å². The first-order chi connectivity index (χ1) is 13.0. The van der Waals surface area contributed by atoms with Crippen molar-refractivity contribution in [1.29, 1.82) is 0 Å². The quantitative estimate of drug-likeness (QED) is 0.664. The van der Waals surface area contributed by atoms with Gasteiger partial charge >= 0.3 is 0 Å². The van der Waals surface area contributed by atoms with Crippen molar-refractivity contribution in [2.24, 2.45) is 0 Å². The van der Waals surface area contributed by atoms with E-state index in [1.54, 1.807) is 79.9 Å². The van der Waals surface area contributed by atoms with E-state index in [1.165, 1.54) is 0 Å². The molecule has 0 aromatic heterocycles. The van der Waals surface area contributed by atoms with E-state index in [0.29, 0.717) is 33.3 Å². The Hall–Kier alpha value is -3.31. The molecule has 0 heterocycles. The maximum atomic E-state index is 12.4. The van der Waals surface area contributed by atoms with E-state index in [9.17, 15) is 9.59 Å². The summed E-state index contributed by atoms with van der Waals surface area (Å²) in [5, 5.41) is 6.17. The number of hydrogen-bond acceptors (Lipinski definition) is 3. The SMILES string of the molecule is COc1cccc(NC(=O)c2ccc(C(=O)Nc3ccc(Cl)cc3)cc2)c1. The fourth-order valence-corrected chi connectivity index (χ4v) is 2.54. The van der Waals surface area contributed by atoms with E-state index in [2.05, 4.69) is 10.6 Å². The van der Waals surface area contributed by atoms with Crippen LogP contribution in [0.4, 0.5) is 11.4 Å². The molecule has 3 aromatic rings. The molecule has 27 heavy (non-hydrogen) atoms. The van der Waals surface area contributed by atoms with Gasteiger partial charge in [0.1, 0.15) is 5.75 Å². The highest BCUT2D eigenvalue weighted by Crippen LogP contribution is 2.18. The molecule has 0 atom stereocenters. The monoisotopic (exact) mass is 380 g/mol. The Kier molecular flexibility index (Phi) is 5.74. The number of ether oxygens (including phenoxy) is 1. The van der Waals surface area contributed by atoms with Gasteiger partial charge in [-0.05, 0) is 60.7 Å². The van der Waals surface area contributed by atoms with Crippen molar-refractivity contribution in [3.05, 3.63) is 88.9 Å². The van der Waals surface area contributed by atoms with Gasteiger partial charge in [0.25, 0.3) is 11.8 Å². The third-order valence-corrected chi connectivity index (χ3v) is 4.09. The number of halogens is 1. The Morgan fingerprint density at radius 1 is 0.778 bits per heavy atom. The Labute approximate surface area is 161 Å². The summed E-state index contributed by atoms with van der Waals surface area (Å²) in [6, 6.07) is 20.3. The van der Waals surface area contributed by atoms with Gasteiger partial charge in [-0.15, -0.1) is 0 Å². The number of nitrogens with one attached hydrogen (secondary N) is 2. The molecule has 0 unspecified atom stereocenters. The summed E-state index contributed by atoms with van der Waals surface area (Å²) in [6.07, 6.45) is 0. The van der Waals surface area contributed by atoms with Gasteiger partial charge in [0.15, 0.2) is 0 Å². The van der Waals surface area contributed by atoms with Gasteiger partial charge < -0.3 is 15.4 Å². The van der Waals surface area contributed by atoms with Crippen molar-refractivity contribution in [3.8, 4) is 5.75 Å². The maximum Gasteiger partial charge on any atom is 0.255 e. The standard InChI is InChI=1S/C21H17ClN2O3/c1-27-19-4-2-3-18(13-19)24-21(26)15-7-5-14(6-8-15)20(25)23-17-11-9-16(22)10-12-17/h2-13H,1H3,(H,23,25)(H,24,26). The molecule has 0 aliphatic rings. The van der Waals surface area contributed by atoms with Gasteiger partial charge in [0.2, 0.25) is 0 Å². The fourth-order valence-electron chi connectivity index (χ4n) is 2.41. The van der Waals surface area contributed by atoms with Crippen LogP contribution in [0.5, 0.6) is 5.75 Å². The summed E-state index contributed by atoms with van der Waals surface area (Å²) in [5.74, 6) is 0.118. The van der Waals surface area contributed by atoms with Gasteiger partial charge in [-0.3, -0.25) is 9.59 Å². The molecule has 0 radical (unpaired) electrons. The lowest BCUT2D eigenvalue weighted by atomic mass is 10.1. The second-order valence-electron chi connectivity index (χ2n) is 5.72. The molecule has 0 bridgehead atoms. The topological polar surface area (TPSA) is 67.4 Å². The Morgan fingerprint density at radius 2 is 1.33 bits per heavy atom. The Balaban J connectivity index is 1.66. The first kappa shape index (κ1) is 18.5. The number of rotatable bonds is 5. The number of anilines is 2. The van der Waals surface area contributed by atoms with Crippen molar-refractivity contribution >= 4 is 34.8 Å². The number of methoxy groups -OCH3 is 1. The molecule has 3 rings (SSSR count). The number of carbonyl (C=O) groups excluding carboxylic acids is 2. The molecule has 2 amide bonds. The minimum Gasteiger partial charge on any atom is -0.497 e. The van der Waals surface area contributed by atoms with Gasteiger partial charge in [-0.25, -0.2) is 0 Å². The molecular formula is C21H17ClN2O3. The number of benzene rings is 3. The van der Waals surface area contributed by atoms with E-state index in [-0.39, 0.29) is 11.8 Å². The zero-order valence-corrected chi connectivity index (χ0v) is 15.3. The average molecular weight is 381 g/mol. The molecule has 0 aliphatic carbocycles. The van der Waals surface area contributed by atoms with Gasteiger partial charge in [-0.2, -0.15) is 0 Å². The molecule has 2 N–H and O–H groups in total. The normalized spacial score (nSPS) is 10.1. The van der Waals surface area contributed by atoms with Crippen molar-refractivity contribution in [2.45, 2.75) is 0 Å². The predicted octanol–water partition coefficient (Wildman–Crippen LogP) is 4.85. The van der Waals surface area contributed by atoms with Crippen LogP contribution in [0.1, 0.15) is 20.7 Å². The van der Waals surface area contributed by atoms with Crippen LogP contribution in [0.2, 0.25) is 5.02 Å². The highest BCUT2D eigenvalue weighted by Gasteiger charge is 2.10. The maximum absolute atomic E-state index is 12.4. The molecule has 136 valence electrons. The highest BCUT2D eigenvalue weighted by molar-refractivity contribution is 6.30. The lowest BCUT2D eigenvalue weighted by Gasteiger charge is -2.08. The molecule has 3 aromatic carbocycles. The van der Waals surface area contributed by atoms with E-state index in [1.807, 2.05) is 0 Å². The summed E-state index contributed by atoms with van der Waals surface area (Å²) in [5.41, 5.74) is 2.16. The molecule has 0 saturated carbocycles. The van der Waals surface area contributed by atoms with Crippen molar-refractivity contribution in [3.63, 3.8) is 0 Å². The average Bonchev–Trinajstić information content (AvgIpc) is 2.70. The van der Waals surface area contributed by atoms with Crippen LogP contribution in [-0.2, 0) is 0 Å². The first-order valence-corrected chi connectivity index (χ1v) is 8.55. The molecule has 5 nitrogen and oxygen atoms in total. The van der Waals surface area contributed by atoms with Gasteiger partial charge in [-0.1, -0.05) is 17.7 Å². The third kappa shape index (κ3) is 4.86. The minimum atomic E-state index is -0.270. The van der Waals surface area contributed by atoms with E-state index in [0.717, 1.165) is 0 Å². The smallest absolute Gasteiger partial charge is 0.255 e. The zero-order chi connectivity index (χ0) is 19.2. The van der Waals surface area contributed by atoms with Crippen LogP contribution < -0.4 is 15.4 Å². The van der Waals surface area contributed by atoms with Crippen molar-refractivity contribution in [1.82, 2.24) is 0 Å². The number of carbonyl (C=O) groups is 2. The lowest BCUT2D eigenvalue weighted by molar-refractivity contribution is 0.101. The van der Waals surface area contributed by atoms with Crippen LogP contribution in [-0.4, -0.2) is 18.9 Å². The fraction of sp³-hybridized carbons (Fsp3) is 0.0476. The van der Waals surface area contributed by atoms with E-state index in [4.69, 9.17) is 16.3 Å². The Bertz CT molecular complexity index is 954. The van der Waals surface area contributed by atoms with Crippen LogP contribution in [0.3, 0.4) is 0 Å². The molecule has 6 heteroatoms. The van der Waals surface area contributed by atoms with Gasteiger partial charge in [0, 0.05) is 33.6 Å². The summed E-state index contributed by atoms with van der Waals surface area (Å²) in [7, 11) is 1.56. The molecular weight excluding hydrogens is 364 g/mol. The van der Waals surface area contributed by atoms with Crippen LogP contribution in [0.15, 0.2) is 72.8 Å².